The summed E-state index contributed by atoms with van der Waals surface area (Å²) >= 11 is 0. The van der Waals surface area contributed by atoms with Crippen molar-refractivity contribution in [2.24, 2.45) is 5.92 Å². The summed E-state index contributed by atoms with van der Waals surface area (Å²) in [4.78, 5) is 0. The van der Waals surface area contributed by atoms with Crippen LogP contribution in [0.3, 0.4) is 0 Å². The van der Waals surface area contributed by atoms with Crippen LogP contribution in [0.4, 0.5) is 0 Å². The summed E-state index contributed by atoms with van der Waals surface area (Å²) < 4.78 is 10.9. The van der Waals surface area contributed by atoms with Crippen LogP contribution in [0.25, 0.3) is 0 Å². The van der Waals surface area contributed by atoms with E-state index in [1.54, 1.807) is 7.11 Å². The Labute approximate surface area is 87.2 Å². The van der Waals surface area contributed by atoms with Gasteiger partial charge < -0.3 is 14.8 Å². The fraction of sp³-hybridized carbons (Fsp3) is 1.00. The summed E-state index contributed by atoms with van der Waals surface area (Å²) in [6, 6.07) is 0. The molecule has 0 amide bonds. The van der Waals surface area contributed by atoms with Crippen molar-refractivity contribution in [3.8, 4) is 0 Å². The summed E-state index contributed by atoms with van der Waals surface area (Å²) in [5, 5.41) is 3.36. The van der Waals surface area contributed by atoms with Crippen LogP contribution in [0.15, 0.2) is 0 Å². The molecule has 0 aromatic rings. The summed E-state index contributed by atoms with van der Waals surface area (Å²) in [5.41, 5.74) is 0. The lowest BCUT2D eigenvalue weighted by molar-refractivity contribution is -0.00538. The second-order valence-electron chi connectivity index (χ2n) is 4.06. The van der Waals surface area contributed by atoms with Gasteiger partial charge in [0.15, 0.2) is 0 Å². The number of rotatable bonds is 9. The van der Waals surface area contributed by atoms with Crippen molar-refractivity contribution < 1.29 is 9.47 Å². The Hall–Kier alpha value is -0.120. The van der Waals surface area contributed by atoms with Crippen LogP contribution in [0.2, 0.25) is 0 Å². The molecule has 0 aliphatic heterocycles. The zero-order chi connectivity index (χ0) is 10.2. The minimum atomic E-state index is 0.229. The fourth-order valence-corrected chi connectivity index (χ4v) is 1.35. The van der Waals surface area contributed by atoms with Crippen LogP contribution in [0.1, 0.15) is 26.2 Å². The molecule has 1 unspecified atom stereocenters. The monoisotopic (exact) mass is 201 g/mol. The molecule has 3 heteroatoms. The van der Waals surface area contributed by atoms with Gasteiger partial charge in [-0.2, -0.15) is 0 Å². The SMILES string of the molecule is CCCNCC(COC)OCC1CC1. The van der Waals surface area contributed by atoms with Crippen molar-refractivity contribution >= 4 is 0 Å². The molecule has 0 bridgehead atoms. The lowest BCUT2D eigenvalue weighted by atomic mass is 10.3. The molecular formula is C11H23NO2. The Morgan fingerprint density at radius 1 is 1.43 bits per heavy atom. The van der Waals surface area contributed by atoms with E-state index in [9.17, 15) is 0 Å². The van der Waals surface area contributed by atoms with E-state index in [1.807, 2.05) is 0 Å². The highest BCUT2D eigenvalue weighted by molar-refractivity contribution is 4.73. The third-order valence-corrected chi connectivity index (χ3v) is 2.42. The molecule has 1 fully saturated rings. The molecule has 0 saturated heterocycles. The molecule has 0 radical (unpaired) electrons. The molecule has 0 spiro atoms. The Morgan fingerprint density at radius 2 is 2.21 bits per heavy atom. The van der Waals surface area contributed by atoms with E-state index in [4.69, 9.17) is 9.47 Å². The van der Waals surface area contributed by atoms with Gasteiger partial charge >= 0.3 is 0 Å². The highest BCUT2D eigenvalue weighted by Crippen LogP contribution is 2.29. The van der Waals surface area contributed by atoms with Gasteiger partial charge in [0.05, 0.1) is 12.7 Å². The second-order valence-corrected chi connectivity index (χ2v) is 4.06. The summed E-state index contributed by atoms with van der Waals surface area (Å²) in [7, 11) is 1.73. The van der Waals surface area contributed by atoms with Gasteiger partial charge in [0.2, 0.25) is 0 Å². The van der Waals surface area contributed by atoms with E-state index in [-0.39, 0.29) is 6.10 Å². The number of methoxy groups -OCH3 is 1. The average molecular weight is 201 g/mol. The van der Waals surface area contributed by atoms with Crippen LogP contribution in [-0.4, -0.2) is 39.5 Å². The van der Waals surface area contributed by atoms with Crippen molar-refractivity contribution in [1.82, 2.24) is 5.32 Å². The van der Waals surface area contributed by atoms with Gasteiger partial charge in [-0.1, -0.05) is 6.92 Å². The molecule has 0 aromatic heterocycles. The van der Waals surface area contributed by atoms with Crippen molar-refractivity contribution in [2.45, 2.75) is 32.3 Å². The van der Waals surface area contributed by atoms with Crippen LogP contribution in [0.5, 0.6) is 0 Å². The van der Waals surface area contributed by atoms with Crippen LogP contribution in [0, 0.1) is 5.92 Å². The Balaban J connectivity index is 2.02. The topological polar surface area (TPSA) is 30.5 Å². The highest BCUT2D eigenvalue weighted by atomic mass is 16.5. The zero-order valence-electron chi connectivity index (χ0n) is 9.42. The molecule has 3 nitrogen and oxygen atoms in total. The first-order chi connectivity index (χ1) is 6.86. The van der Waals surface area contributed by atoms with Gasteiger partial charge in [-0.3, -0.25) is 0 Å². The number of nitrogens with one attached hydrogen (secondary N) is 1. The van der Waals surface area contributed by atoms with E-state index >= 15 is 0 Å². The van der Waals surface area contributed by atoms with Crippen LogP contribution < -0.4 is 5.32 Å². The normalized spacial score (nSPS) is 18.4. The predicted molar refractivity (Wildman–Crippen MR) is 57.5 cm³/mol. The first-order valence-electron chi connectivity index (χ1n) is 5.68. The van der Waals surface area contributed by atoms with Crippen LogP contribution >= 0.6 is 0 Å². The molecule has 1 aliphatic carbocycles. The van der Waals surface area contributed by atoms with Crippen LogP contribution in [-0.2, 0) is 9.47 Å². The quantitative estimate of drug-likeness (QED) is 0.572. The maximum Gasteiger partial charge on any atom is 0.0932 e. The molecule has 0 heterocycles. The molecule has 1 atom stereocenters. The Kier molecular flexibility index (Phi) is 6.15. The maximum absolute atomic E-state index is 5.77. The molecular weight excluding hydrogens is 178 g/mol. The third kappa shape index (κ3) is 5.58. The van der Waals surface area contributed by atoms with Crippen molar-refractivity contribution in [1.29, 1.82) is 0 Å². The predicted octanol–water partition coefficient (Wildman–Crippen LogP) is 1.43. The molecule has 0 aromatic carbocycles. The van der Waals surface area contributed by atoms with E-state index in [0.29, 0.717) is 6.61 Å². The van der Waals surface area contributed by atoms with Gasteiger partial charge in [0.25, 0.3) is 0 Å². The zero-order valence-corrected chi connectivity index (χ0v) is 9.42. The lowest BCUT2D eigenvalue weighted by Gasteiger charge is -2.17. The summed E-state index contributed by atoms with van der Waals surface area (Å²) in [5.74, 6) is 0.834. The standard InChI is InChI=1S/C11H23NO2/c1-3-6-12-7-11(9-13-2)14-8-10-4-5-10/h10-12H,3-9H2,1-2H3. The smallest absolute Gasteiger partial charge is 0.0932 e. The maximum atomic E-state index is 5.77. The fourth-order valence-electron chi connectivity index (χ4n) is 1.35. The number of ether oxygens (including phenoxy) is 2. The average Bonchev–Trinajstić information content (AvgIpc) is 2.98. The van der Waals surface area contributed by atoms with Crippen molar-refractivity contribution in [3.05, 3.63) is 0 Å². The number of hydrogen-bond acceptors (Lipinski definition) is 3. The largest absolute Gasteiger partial charge is 0.382 e. The van der Waals surface area contributed by atoms with Gasteiger partial charge in [0.1, 0.15) is 0 Å². The highest BCUT2D eigenvalue weighted by Gasteiger charge is 2.22. The minimum absolute atomic E-state index is 0.229. The molecule has 14 heavy (non-hydrogen) atoms. The van der Waals surface area contributed by atoms with Crippen molar-refractivity contribution in [2.75, 3.05) is 33.4 Å². The van der Waals surface area contributed by atoms with Crippen molar-refractivity contribution in [3.63, 3.8) is 0 Å². The third-order valence-electron chi connectivity index (χ3n) is 2.42. The van der Waals surface area contributed by atoms with E-state index in [2.05, 4.69) is 12.2 Å². The van der Waals surface area contributed by atoms with Gasteiger partial charge in [0, 0.05) is 20.3 Å². The van der Waals surface area contributed by atoms with E-state index < -0.39 is 0 Å². The summed E-state index contributed by atoms with van der Waals surface area (Å²) in [6.07, 6.45) is 4.10. The Bertz CT molecular complexity index is 137. The van der Waals surface area contributed by atoms with E-state index in [0.717, 1.165) is 25.6 Å². The summed E-state index contributed by atoms with van der Waals surface area (Å²) in [6.45, 7) is 5.76. The van der Waals surface area contributed by atoms with Gasteiger partial charge in [-0.15, -0.1) is 0 Å². The first kappa shape index (κ1) is 12.0. The molecule has 1 saturated carbocycles. The molecule has 84 valence electrons. The molecule has 1 aliphatic rings. The Morgan fingerprint density at radius 3 is 2.79 bits per heavy atom. The molecule has 1 N–H and O–H groups in total. The second kappa shape index (κ2) is 7.21. The first-order valence-corrected chi connectivity index (χ1v) is 5.68. The minimum Gasteiger partial charge on any atom is -0.382 e. The van der Waals surface area contributed by atoms with E-state index in [1.165, 1.54) is 19.3 Å². The number of hydrogen-bond donors (Lipinski definition) is 1. The molecule has 1 rings (SSSR count). The lowest BCUT2D eigenvalue weighted by Crippen LogP contribution is -2.33. The van der Waals surface area contributed by atoms with Gasteiger partial charge in [-0.25, -0.2) is 0 Å². The van der Waals surface area contributed by atoms with Gasteiger partial charge in [-0.05, 0) is 31.7 Å².